The van der Waals surface area contributed by atoms with Gasteiger partial charge in [0.2, 0.25) is 11.8 Å². The van der Waals surface area contributed by atoms with Crippen LogP contribution in [-0.2, 0) is 32.6 Å². The fraction of sp³-hybridized carbons (Fsp3) is 0.257. The molecule has 44 heavy (non-hydrogen) atoms. The van der Waals surface area contributed by atoms with Gasteiger partial charge in [-0.2, -0.15) is 0 Å². The van der Waals surface area contributed by atoms with Gasteiger partial charge in [0.05, 0.1) is 17.7 Å². The molecule has 4 aromatic rings. The largest absolute Gasteiger partial charge is 0.497 e. The van der Waals surface area contributed by atoms with E-state index in [1.165, 1.54) is 24.1 Å². The number of methoxy groups -OCH3 is 1. The van der Waals surface area contributed by atoms with E-state index in [9.17, 15) is 18.0 Å². The van der Waals surface area contributed by atoms with Crippen LogP contribution in [0.3, 0.4) is 0 Å². The van der Waals surface area contributed by atoms with E-state index in [1.54, 1.807) is 42.5 Å². The van der Waals surface area contributed by atoms with Gasteiger partial charge in [-0.05, 0) is 48.7 Å². The lowest BCUT2D eigenvalue weighted by Gasteiger charge is -2.34. The third-order valence-corrected chi connectivity index (χ3v) is 9.03. The molecule has 0 saturated carbocycles. The highest BCUT2D eigenvalue weighted by Gasteiger charge is 2.34. The van der Waals surface area contributed by atoms with Gasteiger partial charge < -0.3 is 15.0 Å². The monoisotopic (exact) mass is 613 g/mol. The van der Waals surface area contributed by atoms with Crippen molar-refractivity contribution < 1.29 is 22.7 Å². The second kappa shape index (κ2) is 15.2. The topological polar surface area (TPSA) is 96.0 Å². The van der Waals surface area contributed by atoms with Crippen LogP contribution in [0.25, 0.3) is 0 Å². The van der Waals surface area contributed by atoms with Crippen LogP contribution in [0.15, 0.2) is 114 Å². The van der Waals surface area contributed by atoms with Crippen molar-refractivity contribution in [2.24, 2.45) is 0 Å². The van der Waals surface area contributed by atoms with E-state index in [4.69, 9.17) is 4.74 Å². The van der Waals surface area contributed by atoms with Crippen LogP contribution in [-0.4, -0.2) is 51.4 Å². The van der Waals surface area contributed by atoms with Crippen molar-refractivity contribution in [3.05, 3.63) is 126 Å². The molecule has 2 amide bonds. The lowest BCUT2D eigenvalue weighted by Crippen LogP contribution is -2.53. The first-order valence-corrected chi connectivity index (χ1v) is 16.1. The number of carbonyl (C=O) groups excluding carboxylic acids is 2. The second-order valence-electron chi connectivity index (χ2n) is 10.5. The number of carbonyl (C=O) groups is 2. The van der Waals surface area contributed by atoms with E-state index in [0.717, 1.165) is 27.4 Å². The summed E-state index contributed by atoms with van der Waals surface area (Å²) in [6.07, 6.45) is 0.993. The number of nitrogens with one attached hydrogen (secondary N) is 1. The molecule has 230 valence electrons. The molecule has 0 saturated heterocycles. The Morgan fingerprint density at radius 1 is 0.841 bits per heavy atom. The maximum atomic E-state index is 14.4. The first-order chi connectivity index (χ1) is 21.2. The van der Waals surface area contributed by atoms with Gasteiger partial charge in [-0.1, -0.05) is 91.3 Å². The first kappa shape index (κ1) is 32.3. The first-order valence-electron chi connectivity index (χ1n) is 14.6. The Morgan fingerprint density at radius 3 is 2.14 bits per heavy atom. The summed E-state index contributed by atoms with van der Waals surface area (Å²) in [6.45, 7) is 3.98. The SMILES string of the molecule is CCCNC(=O)[C@@H](Cc1ccccc1)N(Cc1ccc(C)cc1)C(=O)CN(c1cccc(OC)c1)S(=O)(=O)c1ccccc1. The maximum Gasteiger partial charge on any atom is 0.264 e. The van der Waals surface area contributed by atoms with Crippen molar-refractivity contribution >= 4 is 27.5 Å². The zero-order valence-electron chi connectivity index (χ0n) is 25.3. The van der Waals surface area contributed by atoms with E-state index >= 15 is 0 Å². The summed E-state index contributed by atoms with van der Waals surface area (Å²) in [5, 5.41) is 2.96. The quantitative estimate of drug-likeness (QED) is 0.207. The Morgan fingerprint density at radius 2 is 1.50 bits per heavy atom. The molecule has 0 heterocycles. The Hall–Kier alpha value is -4.63. The van der Waals surface area contributed by atoms with Gasteiger partial charge in [-0.15, -0.1) is 0 Å². The van der Waals surface area contributed by atoms with Gasteiger partial charge in [-0.25, -0.2) is 8.42 Å². The van der Waals surface area contributed by atoms with Crippen LogP contribution in [0.1, 0.15) is 30.0 Å². The van der Waals surface area contributed by atoms with Gasteiger partial charge in [0.25, 0.3) is 10.0 Å². The van der Waals surface area contributed by atoms with Crippen LogP contribution in [0.2, 0.25) is 0 Å². The Bertz CT molecular complexity index is 1630. The van der Waals surface area contributed by atoms with Crippen molar-refractivity contribution in [3.8, 4) is 5.75 Å². The van der Waals surface area contributed by atoms with Crippen molar-refractivity contribution in [1.82, 2.24) is 10.2 Å². The molecule has 0 aliphatic heterocycles. The fourth-order valence-electron chi connectivity index (χ4n) is 4.82. The average molecular weight is 614 g/mol. The molecular formula is C35H39N3O5S. The third-order valence-electron chi connectivity index (χ3n) is 7.25. The molecule has 0 bridgehead atoms. The van der Waals surface area contributed by atoms with Gasteiger partial charge in [-0.3, -0.25) is 13.9 Å². The van der Waals surface area contributed by atoms with Crippen molar-refractivity contribution in [3.63, 3.8) is 0 Å². The summed E-state index contributed by atoms with van der Waals surface area (Å²) >= 11 is 0. The van der Waals surface area contributed by atoms with Crippen LogP contribution < -0.4 is 14.4 Å². The highest BCUT2D eigenvalue weighted by molar-refractivity contribution is 7.92. The normalized spacial score (nSPS) is 11.8. The molecule has 0 aliphatic rings. The molecule has 0 aromatic heterocycles. The lowest BCUT2D eigenvalue weighted by atomic mass is 10.0. The van der Waals surface area contributed by atoms with Gasteiger partial charge >= 0.3 is 0 Å². The number of anilines is 1. The smallest absolute Gasteiger partial charge is 0.264 e. The maximum absolute atomic E-state index is 14.4. The number of hydrogen-bond donors (Lipinski definition) is 1. The number of ether oxygens (including phenoxy) is 1. The van der Waals surface area contributed by atoms with Crippen LogP contribution >= 0.6 is 0 Å². The molecule has 9 heteroatoms. The minimum Gasteiger partial charge on any atom is -0.497 e. The number of sulfonamides is 1. The van der Waals surface area contributed by atoms with E-state index in [0.29, 0.717) is 12.3 Å². The number of aryl methyl sites for hydroxylation is 1. The van der Waals surface area contributed by atoms with E-state index < -0.39 is 28.5 Å². The van der Waals surface area contributed by atoms with Gasteiger partial charge in [0.1, 0.15) is 18.3 Å². The van der Waals surface area contributed by atoms with Crippen molar-refractivity contribution in [2.45, 2.75) is 44.2 Å². The van der Waals surface area contributed by atoms with Crippen molar-refractivity contribution in [1.29, 1.82) is 0 Å². The zero-order valence-corrected chi connectivity index (χ0v) is 26.2. The van der Waals surface area contributed by atoms with Crippen molar-refractivity contribution in [2.75, 3.05) is 24.5 Å². The molecule has 0 radical (unpaired) electrons. The van der Waals surface area contributed by atoms with Gasteiger partial charge in [0, 0.05) is 25.6 Å². The molecule has 0 fully saturated rings. The number of nitrogens with zero attached hydrogens (tertiary/aromatic N) is 2. The second-order valence-corrected chi connectivity index (χ2v) is 12.4. The third kappa shape index (κ3) is 8.26. The fourth-order valence-corrected chi connectivity index (χ4v) is 6.25. The molecule has 1 N–H and O–H groups in total. The molecule has 0 unspecified atom stereocenters. The Labute approximate surface area is 260 Å². The van der Waals surface area contributed by atoms with Crippen LogP contribution in [0.4, 0.5) is 5.69 Å². The zero-order chi connectivity index (χ0) is 31.5. The molecule has 0 aliphatic carbocycles. The Balaban J connectivity index is 1.79. The number of rotatable bonds is 14. The molecule has 8 nitrogen and oxygen atoms in total. The summed E-state index contributed by atoms with van der Waals surface area (Å²) in [7, 11) is -2.68. The number of benzene rings is 4. The van der Waals surface area contributed by atoms with Crippen LogP contribution in [0, 0.1) is 6.92 Å². The lowest BCUT2D eigenvalue weighted by molar-refractivity contribution is -0.140. The summed E-state index contributed by atoms with van der Waals surface area (Å²) in [5.41, 5.74) is 3.04. The number of amides is 2. The van der Waals surface area contributed by atoms with Gasteiger partial charge in [0.15, 0.2) is 0 Å². The minimum absolute atomic E-state index is 0.0437. The van der Waals surface area contributed by atoms with E-state index in [1.807, 2.05) is 68.4 Å². The summed E-state index contributed by atoms with van der Waals surface area (Å²) < 4.78 is 34.6. The van der Waals surface area contributed by atoms with E-state index in [-0.39, 0.29) is 29.5 Å². The molecular weight excluding hydrogens is 574 g/mol. The molecule has 1 atom stereocenters. The molecule has 0 spiro atoms. The minimum atomic E-state index is -4.18. The number of hydrogen-bond acceptors (Lipinski definition) is 5. The van der Waals surface area contributed by atoms with Crippen LogP contribution in [0.5, 0.6) is 5.75 Å². The Kier molecular flexibility index (Phi) is 11.2. The highest BCUT2D eigenvalue weighted by Crippen LogP contribution is 2.28. The summed E-state index contributed by atoms with van der Waals surface area (Å²) in [5.74, 6) is -0.365. The summed E-state index contributed by atoms with van der Waals surface area (Å²) in [4.78, 5) is 29.7. The molecule has 4 aromatic carbocycles. The van der Waals surface area contributed by atoms with E-state index in [2.05, 4.69) is 5.32 Å². The molecule has 4 rings (SSSR count). The predicted molar refractivity (Wildman–Crippen MR) is 173 cm³/mol. The average Bonchev–Trinajstić information content (AvgIpc) is 3.05. The standard InChI is InChI=1S/C35H39N3O5S/c1-4-22-36-35(40)33(23-28-12-7-5-8-13-28)37(25-29-20-18-27(2)19-21-29)34(39)26-38(30-14-11-15-31(24-30)43-3)44(41,42)32-16-9-6-10-17-32/h5-21,24,33H,4,22-23,25-26H2,1-3H3,(H,36,40)/t33-/m1/s1. The predicted octanol–water partition coefficient (Wildman–Crippen LogP) is 5.37. The highest BCUT2D eigenvalue weighted by atomic mass is 32.2. The summed E-state index contributed by atoms with van der Waals surface area (Å²) in [6, 6.07) is 30.9.